The topological polar surface area (TPSA) is 98.5 Å². The zero-order chi connectivity index (χ0) is 13.2. The first kappa shape index (κ1) is 11.5. The molecule has 3 aromatic rings. The van der Waals surface area contributed by atoms with Gasteiger partial charge in [0.05, 0.1) is 28.6 Å². The summed E-state index contributed by atoms with van der Waals surface area (Å²) in [6.45, 7) is 0. The van der Waals surface area contributed by atoms with Gasteiger partial charge in [-0.25, -0.2) is 4.79 Å². The second kappa shape index (κ2) is 4.62. The Hall–Kier alpha value is -2.54. The van der Waals surface area contributed by atoms with E-state index in [1.807, 2.05) is 0 Å². The van der Waals surface area contributed by atoms with Gasteiger partial charge in [-0.3, -0.25) is 15.5 Å². The number of benzene rings is 1. The molecule has 2 amide bonds. The van der Waals surface area contributed by atoms with E-state index in [1.54, 1.807) is 30.6 Å². The summed E-state index contributed by atoms with van der Waals surface area (Å²) in [5.74, 6) is 0.507. The molecule has 0 unspecified atom stereocenters. The summed E-state index contributed by atoms with van der Waals surface area (Å²) in [5.41, 5.74) is 1.26. The lowest BCUT2D eigenvalue weighted by molar-refractivity contribution is 0.262. The fourth-order valence-corrected chi connectivity index (χ4v) is 1.91. The first-order valence-electron chi connectivity index (χ1n) is 5.43. The first-order chi connectivity index (χ1) is 9.24. The van der Waals surface area contributed by atoms with Crippen molar-refractivity contribution in [2.24, 2.45) is 0 Å². The molecular weight excluding hydrogens is 268 g/mol. The van der Waals surface area contributed by atoms with Gasteiger partial charge < -0.3 is 5.32 Å². The van der Waals surface area contributed by atoms with Gasteiger partial charge in [-0.15, -0.1) is 0 Å². The van der Waals surface area contributed by atoms with E-state index in [0.717, 1.165) is 5.39 Å². The molecule has 0 aliphatic rings. The summed E-state index contributed by atoms with van der Waals surface area (Å²) in [5, 5.41) is 19.7. The number of aromatic nitrogens is 4. The van der Waals surface area contributed by atoms with Crippen LogP contribution in [0.4, 0.5) is 16.3 Å². The SMILES string of the molecule is O=C(Nc1ccn[nH]1)Nc1ccc(Cl)c2cn[nH]c12. The quantitative estimate of drug-likeness (QED) is 0.579. The fourth-order valence-electron chi connectivity index (χ4n) is 1.71. The molecule has 4 N–H and O–H groups in total. The number of hydrogen-bond donors (Lipinski definition) is 4. The molecule has 8 heteroatoms. The highest BCUT2D eigenvalue weighted by Crippen LogP contribution is 2.27. The van der Waals surface area contributed by atoms with Crippen LogP contribution in [0.3, 0.4) is 0 Å². The molecule has 0 saturated heterocycles. The van der Waals surface area contributed by atoms with E-state index in [2.05, 4.69) is 31.0 Å². The van der Waals surface area contributed by atoms with E-state index in [-0.39, 0.29) is 6.03 Å². The van der Waals surface area contributed by atoms with Crippen LogP contribution >= 0.6 is 11.6 Å². The Morgan fingerprint density at radius 2 is 2.05 bits per heavy atom. The number of anilines is 2. The lowest BCUT2D eigenvalue weighted by Gasteiger charge is -2.07. The van der Waals surface area contributed by atoms with Crippen molar-refractivity contribution in [2.75, 3.05) is 10.6 Å². The third kappa shape index (κ3) is 2.23. The van der Waals surface area contributed by atoms with Crippen LogP contribution in [0.1, 0.15) is 0 Å². The normalized spacial score (nSPS) is 10.6. The van der Waals surface area contributed by atoms with Gasteiger partial charge in [-0.05, 0) is 12.1 Å². The van der Waals surface area contributed by atoms with Gasteiger partial charge >= 0.3 is 6.03 Å². The van der Waals surface area contributed by atoms with Crippen molar-refractivity contribution in [1.82, 2.24) is 20.4 Å². The molecule has 0 aliphatic carbocycles. The number of carbonyl (C=O) groups is 1. The van der Waals surface area contributed by atoms with Crippen molar-refractivity contribution in [3.8, 4) is 0 Å². The van der Waals surface area contributed by atoms with Crippen LogP contribution in [0.15, 0.2) is 30.6 Å². The van der Waals surface area contributed by atoms with Gasteiger partial charge in [0.2, 0.25) is 0 Å². The van der Waals surface area contributed by atoms with E-state index in [0.29, 0.717) is 22.0 Å². The van der Waals surface area contributed by atoms with Crippen molar-refractivity contribution >= 4 is 40.0 Å². The highest BCUT2D eigenvalue weighted by molar-refractivity contribution is 6.35. The maximum Gasteiger partial charge on any atom is 0.324 e. The molecule has 0 aliphatic heterocycles. The molecular formula is C11H9ClN6O. The molecule has 0 radical (unpaired) electrons. The summed E-state index contributed by atoms with van der Waals surface area (Å²) in [7, 11) is 0. The Bertz CT molecular complexity index is 720. The lowest BCUT2D eigenvalue weighted by atomic mass is 10.2. The molecule has 0 bridgehead atoms. The average Bonchev–Trinajstić information content (AvgIpc) is 3.03. The average molecular weight is 277 g/mol. The van der Waals surface area contributed by atoms with Crippen LogP contribution in [-0.4, -0.2) is 26.4 Å². The van der Waals surface area contributed by atoms with Crippen molar-refractivity contribution in [3.63, 3.8) is 0 Å². The molecule has 19 heavy (non-hydrogen) atoms. The molecule has 3 rings (SSSR count). The van der Waals surface area contributed by atoms with Crippen LogP contribution < -0.4 is 10.6 Å². The number of urea groups is 1. The summed E-state index contributed by atoms with van der Waals surface area (Å²) >= 11 is 6.02. The van der Waals surface area contributed by atoms with E-state index in [1.165, 1.54) is 0 Å². The van der Waals surface area contributed by atoms with Gasteiger partial charge in [0, 0.05) is 11.5 Å². The van der Waals surface area contributed by atoms with Gasteiger partial charge in [0.25, 0.3) is 0 Å². The Morgan fingerprint density at radius 1 is 1.16 bits per heavy atom. The molecule has 0 atom stereocenters. The smallest absolute Gasteiger partial charge is 0.306 e. The van der Waals surface area contributed by atoms with Crippen molar-refractivity contribution in [1.29, 1.82) is 0 Å². The van der Waals surface area contributed by atoms with Crippen LogP contribution in [0.2, 0.25) is 5.02 Å². The molecule has 0 fully saturated rings. The minimum absolute atomic E-state index is 0.387. The molecule has 1 aromatic carbocycles. The number of fused-ring (bicyclic) bond motifs is 1. The number of rotatable bonds is 2. The molecule has 0 saturated carbocycles. The Morgan fingerprint density at radius 3 is 2.84 bits per heavy atom. The van der Waals surface area contributed by atoms with Crippen molar-refractivity contribution in [2.45, 2.75) is 0 Å². The standard InChI is InChI=1S/C11H9ClN6O/c12-7-1-2-8(10-6(7)5-14-18-10)15-11(19)16-9-3-4-13-17-9/h1-5H,(H,14,18)(H3,13,15,16,17,19). The van der Waals surface area contributed by atoms with Crippen molar-refractivity contribution in [3.05, 3.63) is 35.6 Å². The van der Waals surface area contributed by atoms with Gasteiger partial charge in [0.1, 0.15) is 5.82 Å². The van der Waals surface area contributed by atoms with Crippen LogP contribution in [0, 0.1) is 0 Å². The Kier molecular flexibility index (Phi) is 2.81. The highest BCUT2D eigenvalue weighted by Gasteiger charge is 2.09. The minimum Gasteiger partial charge on any atom is -0.306 e. The Labute approximate surface area is 112 Å². The zero-order valence-corrected chi connectivity index (χ0v) is 10.3. The summed E-state index contributed by atoms with van der Waals surface area (Å²) in [6.07, 6.45) is 3.15. The first-order valence-corrected chi connectivity index (χ1v) is 5.81. The summed E-state index contributed by atoms with van der Waals surface area (Å²) in [4.78, 5) is 11.8. The van der Waals surface area contributed by atoms with E-state index in [4.69, 9.17) is 11.6 Å². The number of H-pyrrole nitrogens is 2. The van der Waals surface area contributed by atoms with E-state index >= 15 is 0 Å². The lowest BCUT2D eigenvalue weighted by Crippen LogP contribution is -2.19. The highest BCUT2D eigenvalue weighted by atomic mass is 35.5. The number of aromatic amines is 2. The second-order valence-electron chi connectivity index (χ2n) is 3.80. The summed E-state index contributed by atoms with van der Waals surface area (Å²) < 4.78 is 0. The third-order valence-electron chi connectivity index (χ3n) is 2.56. The van der Waals surface area contributed by atoms with Gasteiger partial charge in [-0.1, -0.05) is 11.6 Å². The molecule has 2 heterocycles. The fraction of sp³-hybridized carbons (Fsp3) is 0. The maximum absolute atomic E-state index is 11.8. The van der Waals surface area contributed by atoms with Crippen molar-refractivity contribution < 1.29 is 4.79 Å². The monoisotopic (exact) mass is 276 g/mol. The largest absolute Gasteiger partial charge is 0.324 e. The number of nitrogens with zero attached hydrogens (tertiary/aromatic N) is 2. The summed E-state index contributed by atoms with van der Waals surface area (Å²) in [6, 6.07) is 4.66. The molecule has 0 spiro atoms. The maximum atomic E-state index is 11.8. The second-order valence-corrected chi connectivity index (χ2v) is 4.21. The number of amides is 2. The number of nitrogens with one attached hydrogen (secondary N) is 4. The van der Waals surface area contributed by atoms with Gasteiger partial charge in [0.15, 0.2) is 0 Å². The van der Waals surface area contributed by atoms with E-state index < -0.39 is 0 Å². The van der Waals surface area contributed by atoms with Crippen LogP contribution in [0.25, 0.3) is 10.9 Å². The van der Waals surface area contributed by atoms with Gasteiger partial charge in [-0.2, -0.15) is 10.2 Å². The molecule has 2 aromatic heterocycles. The predicted octanol–water partition coefficient (Wildman–Crippen LogP) is 2.58. The van der Waals surface area contributed by atoms with E-state index in [9.17, 15) is 4.79 Å². The minimum atomic E-state index is -0.387. The number of carbonyl (C=O) groups excluding carboxylic acids is 1. The Balaban J connectivity index is 1.83. The molecule has 7 nitrogen and oxygen atoms in total. The number of halogens is 1. The van der Waals surface area contributed by atoms with Crippen LogP contribution in [-0.2, 0) is 0 Å². The van der Waals surface area contributed by atoms with Crippen LogP contribution in [0.5, 0.6) is 0 Å². The predicted molar refractivity (Wildman–Crippen MR) is 72.3 cm³/mol. The third-order valence-corrected chi connectivity index (χ3v) is 2.89. The zero-order valence-electron chi connectivity index (χ0n) is 9.57. The number of hydrogen-bond acceptors (Lipinski definition) is 3. The molecule has 96 valence electrons.